The maximum absolute atomic E-state index is 11.1. The van der Waals surface area contributed by atoms with Crippen molar-refractivity contribution in [2.24, 2.45) is 0 Å². The van der Waals surface area contributed by atoms with E-state index in [0.29, 0.717) is 0 Å². The van der Waals surface area contributed by atoms with Gasteiger partial charge in [0.1, 0.15) is 0 Å². The molecule has 0 aromatic heterocycles. The predicted molar refractivity (Wildman–Crippen MR) is 50.8 cm³/mol. The summed E-state index contributed by atoms with van der Waals surface area (Å²) < 4.78 is 0. The van der Waals surface area contributed by atoms with Crippen LogP contribution in [-0.2, 0) is 9.59 Å². The molecular formula is C9H14N2O3. The van der Waals surface area contributed by atoms with Crippen molar-refractivity contribution in [1.82, 2.24) is 10.6 Å². The molecule has 0 unspecified atom stereocenters. The van der Waals surface area contributed by atoms with Crippen LogP contribution in [0, 0.1) is 0 Å². The van der Waals surface area contributed by atoms with E-state index in [0.717, 1.165) is 38.1 Å². The standard InChI is InChI=1S/C9H14N2O3/c12-8(1-2-9(13)14)11-7-3-5-10-6-4-7/h1-2,7,10H,3-6H2,(H,11,12)(H,13,14)/b2-1+. The number of hydrogen-bond acceptors (Lipinski definition) is 3. The van der Waals surface area contributed by atoms with Gasteiger partial charge in [0.05, 0.1) is 0 Å². The molecule has 0 saturated carbocycles. The molecular weight excluding hydrogens is 184 g/mol. The van der Waals surface area contributed by atoms with Gasteiger partial charge in [-0.25, -0.2) is 4.79 Å². The Labute approximate surface area is 82.2 Å². The first-order valence-electron chi connectivity index (χ1n) is 4.60. The summed E-state index contributed by atoms with van der Waals surface area (Å²) >= 11 is 0. The van der Waals surface area contributed by atoms with Gasteiger partial charge < -0.3 is 15.7 Å². The molecule has 0 bridgehead atoms. The van der Waals surface area contributed by atoms with Crippen molar-refractivity contribution in [3.8, 4) is 0 Å². The first-order valence-corrected chi connectivity index (χ1v) is 4.60. The topological polar surface area (TPSA) is 78.4 Å². The number of nitrogens with one attached hydrogen (secondary N) is 2. The Morgan fingerprint density at radius 3 is 2.50 bits per heavy atom. The molecule has 0 aliphatic carbocycles. The SMILES string of the molecule is O=C(O)/C=C/C(=O)NC1CCNCC1. The normalized spacial score (nSPS) is 18.3. The maximum atomic E-state index is 11.1. The number of piperidine rings is 1. The molecule has 0 spiro atoms. The van der Waals surface area contributed by atoms with E-state index in [1.807, 2.05) is 0 Å². The number of carbonyl (C=O) groups is 2. The molecule has 1 fully saturated rings. The number of carboxylic acid groups (broad SMARTS) is 1. The summed E-state index contributed by atoms with van der Waals surface area (Å²) in [6, 6.07) is 0.169. The fraction of sp³-hybridized carbons (Fsp3) is 0.556. The fourth-order valence-electron chi connectivity index (χ4n) is 1.36. The maximum Gasteiger partial charge on any atom is 0.328 e. The largest absolute Gasteiger partial charge is 0.478 e. The van der Waals surface area contributed by atoms with E-state index in [1.54, 1.807) is 0 Å². The van der Waals surface area contributed by atoms with Gasteiger partial charge >= 0.3 is 5.97 Å². The van der Waals surface area contributed by atoms with Gasteiger partial charge in [0.25, 0.3) is 0 Å². The molecule has 0 radical (unpaired) electrons. The van der Waals surface area contributed by atoms with E-state index in [1.165, 1.54) is 0 Å². The summed E-state index contributed by atoms with van der Waals surface area (Å²) in [6.07, 6.45) is 3.68. The molecule has 0 aromatic carbocycles. The molecule has 0 atom stereocenters. The molecule has 5 heteroatoms. The van der Waals surface area contributed by atoms with Gasteiger partial charge in [0.15, 0.2) is 0 Å². The summed E-state index contributed by atoms with van der Waals surface area (Å²) in [6.45, 7) is 1.79. The zero-order chi connectivity index (χ0) is 10.4. The monoisotopic (exact) mass is 198 g/mol. The minimum absolute atomic E-state index is 0.169. The van der Waals surface area contributed by atoms with E-state index in [9.17, 15) is 9.59 Å². The van der Waals surface area contributed by atoms with Crippen molar-refractivity contribution < 1.29 is 14.7 Å². The Kier molecular flexibility index (Phi) is 4.12. The summed E-state index contributed by atoms with van der Waals surface area (Å²) in [5.74, 6) is -1.44. The highest BCUT2D eigenvalue weighted by Crippen LogP contribution is 2.01. The lowest BCUT2D eigenvalue weighted by molar-refractivity contribution is -0.131. The van der Waals surface area contributed by atoms with Gasteiger partial charge in [-0.2, -0.15) is 0 Å². The summed E-state index contributed by atoms with van der Waals surface area (Å²) in [4.78, 5) is 21.3. The molecule has 0 aromatic rings. The van der Waals surface area contributed by atoms with Crippen LogP contribution in [0.3, 0.4) is 0 Å². The third-order valence-corrected chi connectivity index (χ3v) is 2.06. The number of carbonyl (C=O) groups excluding carboxylic acids is 1. The average Bonchev–Trinajstić information content (AvgIpc) is 2.16. The Morgan fingerprint density at radius 2 is 1.93 bits per heavy atom. The highest BCUT2D eigenvalue weighted by molar-refractivity contribution is 5.93. The molecule has 3 N–H and O–H groups in total. The number of hydrogen-bond donors (Lipinski definition) is 3. The van der Waals surface area contributed by atoms with Crippen LogP contribution in [0.2, 0.25) is 0 Å². The van der Waals surface area contributed by atoms with Crippen LogP contribution in [0.15, 0.2) is 12.2 Å². The number of rotatable bonds is 3. The summed E-state index contributed by atoms with van der Waals surface area (Å²) in [5.41, 5.74) is 0. The highest BCUT2D eigenvalue weighted by atomic mass is 16.4. The van der Waals surface area contributed by atoms with Gasteiger partial charge in [-0.05, 0) is 25.9 Å². The van der Waals surface area contributed by atoms with E-state index in [4.69, 9.17) is 5.11 Å². The van der Waals surface area contributed by atoms with Crippen molar-refractivity contribution in [2.75, 3.05) is 13.1 Å². The molecule has 1 aliphatic heterocycles. The molecule has 14 heavy (non-hydrogen) atoms. The molecule has 5 nitrogen and oxygen atoms in total. The van der Waals surface area contributed by atoms with Crippen molar-refractivity contribution in [2.45, 2.75) is 18.9 Å². The van der Waals surface area contributed by atoms with E-state index in [-0.39, 0.29) is 11.9 Å². The first-order chi connectivity index (χ1) is 6.68. The Bertz CT molecular complexity index is 244. The summed E-state index contributed by atoms with van der Waals surface area (Å²) in [7, 11) is 0. The van der Waals surface area contributed by atoms with Crippen LogP contribution in [0.25, 0.3) is 0 Å². The molecule has 1 saturated heterocycles. The van der Waals surface area contributed by atoms with Gasteiger partial charge in [-0.15, -0.1) is 0 Å². The quantitative estimate of drug-likeness (QED) is 0.534. The smallest absolute Gasteiger partial charge is 0.328 e. The Balaban J connectivity index is 2.28. The number of aliphatic carboxylic acids is 1. The fourth-order valence-corrected chi connectivity index (χ4v) is 1.36. The second kappa shape index (κ2) is 5.39. The van der Waals surface area contributed by atoms with Crippen LogP contribution in [0.1, 0.15) is 12.8 Å². The molecule has 1 rings (SSSR count). The van der Waals surface area contributed by atoms with Crippen LogP contribution in [0.4, 0.5) is 0 Å². The minimum atomic E-state index is -1.11. The van der Waals surface area contributed by atoms with Gasteiger partial charge in [-0.1, -0.05) is 0 Å². The van der Waals surface area contributed by atoms with Crippen molar-refractivity contribution in [3.63, 3.8) is 0 Å². The zero-order valence-electron chi connectivity index (χ0n) is 7.82. The zero-order valence-corrected chi connectivity index (χ0v) is 7.82. The Hall–Kier alpha value is -1.36. The van der Waals surface area contributed by atoms with E-state index >= 15 is 0 Å². The molecule has 1 heterocycles. The average molecular weight is 198 g/mol. The molecule has 78 valence electrons. The molecule has 1 amide bonds. The third-order valence-electron chi connectivity index (χ3n) is 2.06. The highest BCUT2D eigenvalue weighted by Gasteiger charge is 2.13. The van der Waals surface area contributed by atoms with Gasteiger partial charge in [0, 0.05) is 18.2 Å². The lowest BCUT2D eigenvalue weighted by atomic mass is 10.1. The van der Waals surface area contributed by atoms with E-state index < -0.39 is 5.97 Å². The number of amides is 1. The van der Waals surface area contributed by atoms with Gasteiger partial charge in [-0.3, -0.25) is 4.79 Å². The van der Waals surface area contributed by atoms with Crippen molar-refractivity contribution in [3.05, 3.63) is 12.2 Å². The second-order valence-corrected chi connectivity index (χ2v) is 3.20. The predicted octanol–water partition coefficient (Wildman–Crippen LogP) is -0.505. The molecule has 1 aliphatic rings. The van der Waals surface area contributed by atoms with Crippen LogP contribution >= 0.6 is 0 Å². The van der Waals surface area contributed by atoms with Gasteiger partial charge in [0.2, 0.25) is 5.91 Å². The lowest BCUT2D eigenvalue weighted by Crippen LogP contribution is -2.42. The third kappa shape index (κ3) is 4.04. The van der Waals surface area contributed by atoms with E-state index in [2.05, 4.69) is 10.6 Å². The second-order valence-electron chi connectivity index (χ2n) is 3.20. The van der Waals surface area contributed by atoms with Crippen LogP contribution in [-0.4, -0.2) is 36.1 Å². The Morgan fingerprint density at radius 1 is 1.29 bits per heavy atom. The van der Waals surface area contributed by atoms with Crippen LogP contribution < -0.4 is 10.6 Å². The number of carboxylic acids is 1. The summed E-state index contributed by atoms with van der Waals surface area (Å²) in [5, 5.41) is 14.2. The lowest BCUT2D eigenvalue weighted by Gasteiger charge is -2.22. The minimum Gasteiger partial charge on any atom is -0.478 e. The first kappa shape index (κ1) is 10.7. The van der Waals surface area contributed by atoms with Crippen LogP contribution in [0.5, 0.6) is 0 Å². The van der Waals surface area contributed by atoms with Crippen molar-refractivity contribution in [1.29, 1.82) is 0 Å². The van der Waals surface area contributed by atoms with Crippen molar-refractivity contribution >= 4 is 11.9 Å².